The van der Waals surface area contributed by atoms with Crippen molar-refractivity contribution in [3.63, 3.8) is 0 Å². The number of aryl methyl sites for hydroxylation is 1. The summed E-state index contributed by atoms with van der Waals surface area (Å²) < 4.78 is 11.2. The van der Waals surface area contributed by atoms with Gasteiger partial charge in [-0.25, -0.2) is 4.98 Å². The minimum atomic E-state index is -0.259. The molecule has 0 radical (unpaired) electrons. The summed E-state index contributed by atoms with van der Waals surface area (Å²) in [4.78, 5) is 31.6. The van der Waals surface area contributed by atoms with Crippen LogP contribution in [0.2, 0.25) is 5.02 Å². The molecule has 1 aromatic heterocycles. The number of methoxy groups -OCH3 is 1. The number of ether oxygens (including phenoxy) is 2. The number of thiazole rings is 1. The van der Waals surface area contributed by atoms with Gasteiger partial charge in [-0.1, -0.05) is 11.6 Å². The van der Waals surface area contributed by atoms with Crippen molar-refractivity contribution in [2.45, 2.75) is 26.4 Å². The van der Waals surface area contributed by atoms with Crippen LogP contribution < -0.4 is 19.7 Å². The number of carbonyl (C=O) groups is 2. The maximum Gasteiger partial charge on any atom is 0.267 e. The zero-order valence-electron chi connectivity index (χ0n) is 17.7. The third-order valence-electron chi connectivity index (χ3n) is 5.02. The van der Waals surface area contributed by atoms with Gasteiger partial charge in [0.05, 0.1) is 18.5 Å². The molecular weight excluding hydrogens is 450 g/mol. The zero-order chi connectivity index (χ0) is 22.7. The van der Waals surface area contributed by atoms with E-state index in [0.717, 1.165) is 6.42 Å². The lowest BCUT2D eigenvalue weighted by atomic mass is 10.2. The minimum absolute atomic E-state index is 0.0775. The van der Waals surface area contributed by atoms with Crippen molar-refractivity contribution in [2.75, 3.05) is 23.9 Å². The van der Waals surface area contributed by atoms with Crippen LogP contribution >= 0.6 is 22.9 Å². The fourth-order valence-electron chi connectivity index (χ4n) is 3.47. The highest BCUT2D eigenvalue weighted by Gasteiger charge is 2.25. The summed E-state index contributed by atoms with van der Waals surface area (Å²) in [7, 11) is 1.55. The molecule has 3 aromatic rings. The summed E-state index contributed by atoms with van der Waals surface area (Å²) in [6.07, 6.45) is 1.37. The van der Waals surface area contributed by atoms with Crippen LogP contribution in [0.1, 0.15) is 33.2 Å². The van der Waals surface area contributed by atoms with Crippen molar-refractivity contribution >= 4 is 46.1 Å². The van der Waals surface area contributed by atoms with Gasteiger partial charge in [0.2, 0.25) is 5.91 Å². The molecular formula is C23H22ClN3O4S. The Hall–Kier alpha value is -3.10. The summed E-state index contributed by atoms with van der Waals surface area (Å²) in [5.74, 6) is 1.03. The number of nitrogens with zero attached hydrogens (tertiary/aromatic N) is 2. The maximum absolute atomic E-state index is 12.9. The van der Waals surface area contributed by atoms with Gasteiger partial charge in [-0.2, -0.15) is 0 Å². The molecule has 7 nitrogen and oxygen atoms in total. The number of rotatable bonds is 7. The molecule has 0 aliphatic carbocycles. The van der Waals surface area contributed by atoms with E-state index in [9.17, 15) is 9.59 Å². The van der Waals surface area contributed by atoms with E-state index in [1.165, 1.54) is 11.3 Å². The second kappa shape index (κ2) is 9.58. The predicted octanol–water partition coefficient (Wildman–Crippen LogP) is 5.07. The SMILES string of the molecule is COc1cc(NC(=O)c2sc(COc3ccc(Cl)cc3)nc2C)ccc1N1CCCC1=O. The molecule has 1 aliphatic heterocycles. The van der Waals surface area contributed by atoms with Gasteiger partial charge in [0.25, 0.3) is 5.91 Å². The maximum atomic E-state index is 12.9. The topological polar surface area (TPSA) is 80.8 Å². The molecule has 2 aromatic carbocycles. The van der Waals surface area contributed by atoms with Crippen molar-refractivity contribution in [1.82, 2.24) is 4.98 Å². The molecule has 0 unspecified atom stereocenters. The molecule has 2 amide bonds. The molecule has 1 saturated heterocycles. The summed E-state index contributed by atoms with van der Waals surface area (Å²) >= 11 is 7.17. The van der Waals surface area contributed by atoms with Gasteiger partial charge < -0.3 is 19.7 Å². The molecule has 0 saturated carbocycles. The lowest BCUT2D eigenvalue weighted by Crippen LogP contribution is -2.24. The quantitative estimate of drug-likeness (QED) is 0.520. The molecule has 0 spiro atoms. The molecule has 1 fully saturated rings. The molecule has 0 bridgehead atoms. The fraction of sp³-hybridized carbons (Fsp3) is 0.261. The molecule has 1 aliphatic rings. The van der Waals surface area contributed by atoms with Crippen LogP contribution in [-0.2, 0) is 11.4 Å². The number of halogens is 1. The van der Waals surface area contributed by atoms with E-state index in [0.29, 0.717) is 56.4 Å². The van der Waals surface area contributed by atoms with Crippen LogP contribution in [0.15, 0.2) is 42.5 Å². The Morgan fingerprint density at radius 3 is 2.72 bits per heavy atom. The third-order valence-corrected chi connectivity index (χ3v) is 6.41. The second-order valence-corrected chi connectivity index (χ2v) is 8.77. The number of aromatic nitrogens is 1. The van der Waals surface area contributed by atoms with E-state index >= 15 is 0 Å². The Labute approximate surface area is 194 Å². The number of hydrogen-bond donors (Lipinski definition) is 1. The highest BCUT2D eigenvalue weighted by Crippen LogP contribution is 2.34. The highest BCUT2D eigenvalue weighted by molar-refractivity contribution is 7.13. The van der Waals surface area contributed by atoms with E-state index in [2.05, 4.69) is 10.3 Å². The van der Waals surface area contributed by atoms with Crippen LogP contribution in [0, 0.1) is 6.92 Å². The molecule has 2 heterocycles. The Balaban J connectivity index is 1.44. The summed E-state index contributed by atoms with van der Waals surface area (Å²) in [6.45, 7) is 2.72. The molecule has 9 heteroatoms. The number of amides is 2. The van der Waals surface area contributed by atoms with Crippen LogP contribution in [0.5, 0.6) is 11.5 Å². The summed E-state index contributed by atoms with van der Waals surface area (Å²) in [6, 6.07) is 12.3. The van der Waals surface area contributed by atoms with Crippen molar-refractivity contribution in [3.8, 4) is 11.5 Å². The van der Waals surface area contributed by atoms with Gasteiger partial charge in [-0.05, 0) is 49.7 Å². The van der Waals surface area contributed by atoms with Gasteiger partial charge in [-0.15, -0.1) is 11.3 Å². The number of hydrogen-bond acceptors (Lipinski definition) is 6. The average Bonchev–Trinajstić information content (AvgIpc) is 3.38. The number of carbonyl (C=O) groups excluding carboxylic acids is 2. The van der Waals surface area contributed by atoms with E-state index in [-0.39, 0.29) is 18.4 Å². The van der Waals surface area contributed by atoms with E-state index in [4.69, 9.17) is 21.1 Å². The summed E-state index contributed by atoms with van der Waals surface area (Å²) in [5.41, 5.74) is 1.92. The Bertz CT molecular complexity index is 1150. The number of benzene rings is 2. The van der Waals surface area contributed by atoms with Crippen LogP contribution in [0.25, 0.3) is 0 Å². The van der Waals surface area contributed by atoms with Gasteiger partial charge in [0, 0.05) is 29.7 Å². The zero-order valence-corrected chi connectivity index (χ0v) is 19.3. The molecule has 4 rings (SSSR count). The standard InChI is InChI=1S/C23H22ClN3O4S/c1-14-22(32-20(25-14)13-31-17-8-5-15(24)6-9-17)23(29)26-16-7-10-18(19(12-16)30-2)27-11-3-4-21(27)28/h5-10,12H,3-4,11,13H2,1-2H3,(H,26,29). The van der Waals surface area contributed by atoms with Crippen LogP contribution in [0.3, 0.4) is 0 Å². The van der Waals surface area contributed by atoms with Crippen molar-refractivity contribution in [1.29, 1.82) is 0 Å². The Morgan fingerprint density at radius 1 is 1.25 bits per heavy atom. The first kappa shape index (κ1) is 22.1. The predicted molar refractivity (Wildman–Crippen MR) is 125 cm³/mol. The first-order valence-corrected chi connectivity index (χ1v) is 11.3. The number of nitrogens with one attached hydrogen (secondary N) is 1. The first-order chi connectivity index (χ1) is 15.4. The van der Waals surface area contributed by atoms with E-state index in [1.54, 1.807) is 61.4 Å². The van der Waals surface area contributed by atoms with Gasteiger partial charge >= 0.3 is 0 Å². The molecule has 166 valence electrons. The van der Waals surface area contributed by atoms with E-state index in [1.807, 2.05) is 0 Å². The fourth-order valence-corrected chi connectivity index (χ4v) is 4.47. The molecule has 1 N–H and O–H groups in total. The van der Waals surface area contributed by atoms with Crippen molar-refractivity contribution in [2.24, 2.45) is 0 Å². The monoisotopic (exact) mass is 471 g/mol. The van der Waals surface area contributed by atoms with Crippen molar-refractivity contribution in [3.05, 3.63) is 63.1 Å². The Morgan fingerprint density at radius 2 is 2.03 bits per heavy atom. The lowest BCUT2D eigenvalue weighted by molar-refractivity contribution is -0.117. The Kier molecular flexibility index (Phi) is 6.62. The minimum Gasteiger partial charge on any atom is -0.494 e. The first-order valence-electron chi connectivity index (χ1n) is 10.1. The highest BCUT2D eigenvalue weighted by atomic mass is 35.5. The van der Waals surface area contributed by atoms with Gasteiger partial charge in [0.15, 0.2) is 0 Å². The van der Waals surface area contributed by atoms with Gasteiger partial charge in [-0.3, -0.25) is 9.59 Å². The lowest BCUT2D eigenvalue weighted by Gasteiger charge is -2.19. The van der Waals surface area contributed by atoms with Crippen LogP contribution in [-0.4, -0.2) is 30.5 Å². The van der Waals surface area contributed by atoms with Crippen molar-refractivity contribution < 1.29 is 19.1 Å². The smallest absolute Gasteiger partial charge is 0.267 e. The number of anilines is 2. The summed E-state index contributed by atoms with van der Waals surface area (Å²) in [5, 5.41) is 4.22. The van der Waals surface area contributed by atoms with Crippen LogP contribution in [0.4, 0.5) is 11.4 Å². The molecule has 0 atom stereocenters. The molecule has 32 heavy (non-hydrogen) atoms. The normalized spacial score (nSPS) is 13.3. The van der Waals surface area contributed by atoms with E-state index < -0.39 is 0 Å². The third kappa shape index (κ3) is 4.87. The average molecular weight is 472 g/mol. The largest absolute Gasteiger partial charge is 0.494 e. The van der Waals surface area contributed by atoms with Gasteiger partial charge in [0.1, 0.15) is 28.0 Å². The second-order valence-electron chi connectivity index (χ2n) is 7.25.